The molecule has 1 saturated heterocycles. The highest BCUT2D eigenvalue weighted by atomic mass is 16.5. The Morgan fingerprint density at radius 2 is 1.73 bits per heavy atom. The standard InChI is InChI=1S/C23H31N3O4/c1-28-19-7-5-8-20(17-19)30-18-23(27)24-11-6-12-25-13-15-26(16-14-25)21-9-3-4-10-22(21)29-2/h3-5,7-10,17H,6,11-16,18H2,1-2H3,(H,24,27). The average Bonchev–Trinajstić information content (AvgIpc) is 2.81. The second-order valence-corrected chi connectivity index (χ2v) is 7.17. The zero-order chi connectivity index (χ0) is 21.2. The second kappa shape index (κ2) is 11.3. The molecule has 3 rings (SSSR count). The number of carbonyl (C=O) groups excluding carboxylic acids is 1. The Hall–Kier alpha value is -2.93. The maximum Gasteiger partial charge on any atom is 0.257 e. The summed E-state index contributed by atoms with van der Waals surface area (Å²) >= 11 is 0. The number of ether oxygens (including phenoxy) is 3. The van der Waals surface area contributed by atoms with E-state index in [0.29, 0.717) is 18.0 Å². The Labute approximate surface area is 178 Å². The highest BCUT2D eigenvalue weighted by Gasteiger charge is 2.19. The van der Waals surface area contributed by atoms with E-state index in [2.05, 4.69) is 21.2 Å². The van der Waals surface area contributed by atoms with Crippen molar-refractivity contribution in [3.63, 3.8) is 0 Å². The third-order valence-electron chi connectivity index (χ3n) is 5.18. The van der Waals surface area contributed by atoms with Crippen LogP contribution in [0.5, 0.6) is 17.2 Å². The molecule has 0 bridgehead atoms. The lowest BCUT2D eigenvalue weighted by atomic mass is 10.2. The molecule has 30 heavy (non-hydrogen) atoms. The smallest absolute Gasteiger partial charge is 0.257 e. The van der Waals surface area contributed by atoms with E-state index < -0.39 is 0 Å². The predicted molar refractivity (Wildman–Crippen MR) is 118 cm³/mol. The molecule has 1 aliphatic rings. The van der Waals surface area contributed by atoms with Crippen LogP contribution in [0, 0.1) is 0 Å². The zero-order valence-corrected chi connectivity index (χ0v) is 17.8. The van der Waals surface area contributed by atoms with Gasteiger partial charge in [-0.15, -0.1) is 0 Å². The first-order chi connectivity index (χ1) is 14.7. The van der Waals surface area contributed by atoms with Crippen molar-refractivity contribution in [3.8, 4) is 17.2 Å². The van der Waals surface area contributed by atoms with Crippen LogP contribution in [-0.4, -0.2) is 70.9 Å². The molecule has 1 heterocycles. The first-order valence-corrected chi connectivity index (χ1v) is 10.3. The third-order valence-corrected chi connectivity index (χ3v) is 5.18. The quantitative estimate of drug-likeness (QED) is 0.604. The fourth-order valence-electron chi connectivity index (χ4n) is 3.52. The number of hydrogen-bond acceptors (Lipinski definition) is 6. The highest BCUT2D eigenvalue weighted by Crippen LogP contribution is 2.28. The number of methoxy groups -OCH3 is 2. The summed E-state index contributed by atoms with van der Waals surface area (Å²) < 4.78 is 16.1. The Bertz CT molecular complexity index is 807. The molecule has 7 nitrogen and oxygen atoms in total. The van der Waals surface area contributed by atoms with Gasteiger partial charge in [-0.2, -0.15) is 0 Å². The summed E-state index contributed by atoms with van der Waals surface area (Å²) in [7, 11) is 3.31. The van der Waals surface area contributed by atoms with Crippen molar-refractivity contribution >= 4 is 11.6 Å². The van der Waals surface area contributed by atoms with Crippen molar-refractivity contribution in [2.24, 2.45) is 0 Å². The number of rotatable bonds is 10. The van der Waals surface area contributed by atoms with E-state index >= 15 is 0 Å². The topological polar surface area (TPSA) is 63.3 Å². The SMILES string of the molecule is COc1cccc(OCC(=O)NCCCN2CCN(c3ccccc3OC)CC2)c1. The molecule has 2 aromatic carbocycles. The molecule has 0 aromatic heterocycles. The fourth-order valence-corrected chi connectivity index (χ4v) is 3.52. The van der Waals surface area contributed by atoms with Crippen LogP contribution >= 0.6 is 0 Å². The van der Waals surface area contributed by atoms with Gasteiger partial charge in [0.15, 0.2) is 6.61 Å². The van der Waals surface area contributed by atoms with Gasteiger partial charge in [0.2, 0.25) is 0 Å². The van der Waals surface area contributed by atoms with Crippen LogP contribution in [0.4, 0.5) is 5.69 Å². The van der Waals surface area contributed by atoms with Crippen LogP contribution < -0.4 is 24.4 Å². The number of amides is 1. The van der Waals surface area contributed by atoms with Crippen LogP contribution in [-0.2, 0) is 4.79 Å². The van der Waals surface area contributed by atoms with Gasteiger partial charge in [-0.05, 0) is 37.2 Å². The number of carbonyl (C=O) groups is 1. The Morgan fingerprint density at radius 1 is 0.967 bits per heavy atom. The molecule has 0 saturated carbocycles. The van der Waals surface area contributed by atoms with Crippen molar-refractivity contribution in [1.82, 2.24) is 10.2 Å². The van der Waals surface area contributed by atoms with Gasteiger partial charge in [-0.25, -0.2) is 0 Å². The zero-order valence-electron chi connectivity index (χ0n) is 17.8. The maximum absolute atomic E-state index is 12.0. The summed E-state index contributed by atoms with van der Waals surface area (Å²) in [4.78, 5) is 16.8. The lowest BCUT2D eigenvalue weighted by Gasteiger charge is -2.36. The fraction of sp³-hybridized carbons (Fsp3) is 0.435. The number of benzene rings is 2. The van der Waals surface area contributed by atoms with Crippen LogP contribution in [0.15, 0.2) is 48.5 Å². The lowest BCUT2D eigenvalue weighted by Crippen LogP contribution is -2.47. The van der Waals surface area contributed by atoms with E-state index in [1.807, 2.05) is 30.3 Å². The van der Waals surface area contributed by atoms with Crippen LogP contribution in [0.25, 0.3) is 0 Å². The molecule has 0 spiro atoms. The minimum absolute atomic E-state index is 0.00471. The first-order valence-electron chi connectivity index (χ1n) is 10.3. The molecule has 1 amide bonds. The van der Waals surface area contributed by atoms with E-state index in [1.54, 1.807) is 26.4 Å². The molecule has 0 radical (unpaired) electrons. The van der Waals surface area contributed by atoms with Gasteiger partial charge in [0.05, 0.1) is 19.9 Å². The normalized spacial score (nSPS) is 14.3. The molecule has 0 unspecified atom stereocenters. The van der Waals surface area contributed by atoms with E-state index in [9.17, 15) is 4.79 Å². The van der Waals surface area contributed by atoms with Crippen LogP contribution in [0.1, 0.15) is 6.42 Å². The van der Waals surface area contributed by atoms with E-state index in [4.69, 9.17) is 14.2 Å². The predicted octanol–water partition coefficient (Wildman–Crippen LogP) is 2.41. The largest absolute Gasteiger partial charge is 0.497 e. The molecule has 7 heteroatoms. The molecule has 0 aliphatic carbocycles. The van der Waals surface area contributed by atoms with E-state index in [-0.39, 0.29) is 12.5 Å². The minimum Gasteiger partial charge on any atom is -0.497 e. The molecule has 1 fully saturated rings. The lowest BCUT2D eigenvalue weighted by molar-refractivity contribution is -0.123. The summed E-state index contributed by atoms with van der Waals surface area (Å²) in [6.07, 6.45) is 0.916. The summed E-state index contributed by atoms with van der Waals surface area (Å²) in [5, 5.41) is 2.92. The van der Waals surface area contributed by atoms with Gasteiger partial charge in [-0.3, -0.25) is 9.69 Å². The van der Waals surface area contributed by atoms with Crippen molar-refractivity contribution in [2.75, 3.05) is 65.0 Å². The Balaban J connectivity index is 1.30. The monoisotopic (exact) mass is 413 g/mol. The van der Waals surface area contributed by atoms with Crippen LogP contribution in [0.2, 0.25) is 0 Å². The van der Waals surface area contributed by atoms with Crippen molar-refractivity contribution in [2.45, 2.75) is 6.42 Å². The molecular weight excluding hydrogens is 382 g/mol. The molecule has 1 aliphatic heterocycles. The third kappa shape index (κ3) is 6.29. The maximum atomic E-state index is 12.0. The molecule has 162 valence electrons. The molecular formula is C23H31N3O4. The number of para-hydroxylation sites is 2. The average molecular weight is 414 g/mol. The first kappa shape index (κ1) is 21.8. The van der Waals surface area contributed by atoms with Gasteiger partial charge in [-0.1, -0.05) is 18.2 Å². The number of nitrogens with zero attached hydrogens (tertiary/aromatic N) is 2. The van der Waals surface area contributed by atoms with Crippen molar-refractivity contribution in [1.29, 1.82) is 0 Å². The number of hydrogen-bond donors (Lipinski definition) is 1. The van der Waals surface area contributed by atoms with Crippen LogP contribution in [0.3, 0.4) is 0 Å². The summed E-state index contributed by atoms with van der Waals surface area (Å²) in [6.45, 7) is 5.58. The van der Waals surface area contributed by atoms with Gasteiger partial charge >= 0.3 is 0 Å². The van der Waals surface area contributed by atoms with Crippen molar-refractivity contribution in [3.05, 3.63) is 48.5 Å². The highest BCUT2D eigenvalue weighted by molar-refractivity contribution is 5.77. The summed E-state index contributed by atoms with van der Waals surface area (Å²) in [5.41, 5.74) is 1.16. The van der Waals surface area contributed by atoms with Gasteiger partial charge < -0.3 is 24.4 Å². The molecule has 2 aromatic rings. The van der Waals surface area contributed by atoms with Gasteiger partial charge in [0.25, 0.3) is 5.91 Å². The Kier molecular flexibility index (Phi) is 8.20. The summed E-state index contributed by atoms with van der Waals surface area (Å²) in [5.74, 6) is 2.14. The van der Waals surface area contributed by atoms with Gasteiger partial charge in [0, 0.05) is 38.8 Å². The van der Waals surface area contributed by atoms with Gasteiger partial charge in [0.1, 0.15) is 17.2 Å². The number of nitrogens with one attached hydrogen (secondary N) is 1. The number of anilines is 1. The number of piperazine rings is 1. The molecule has 1 N–H and O–H groups in total. The second-order valence-electron chi connectivity index (χ2n) is 7.17. The van der Waals surface area contributed by atoms with Crippen molar-refractivity contribution < 1.29 is 19.0 Å². The van der Waals surface area contributed by atoms with E-state index in [1.165, 1.54) is 0 Å². The summed E-state index contributed by atoms with van der Waals surface area (Å²) in [6, 6.07) is 15.4. The Morgan fingerprint density at radius 3 is 2.50 bits per heavy atom. The van der Waals surface area contributed by atoms with E-state index in [0.717, 1.165) is 50.6 Å². The molecule has 0 atom stereocenters. The minimum atomic E-state index is -0.112.